The molecule has 2 aliphatic rings. The standard InChI is InChI=1S/C33H46N2O3Si/c1-5-37-31(36)26(24-34)20-21-28-15-13-23-33(35-28)22-12-14-27(33)25-38-39(32(2,3)4,29-16-8-6-9-17-29)30-18-10-7-11-19-30/h6-11,16-19,26-28,35H,5,12-15,20-23,25H2,1-4H3/t26?,27-,28-,33+/m1/s1. The van der Waals surface area contributed by atoms with Crippen molar-refractivity contribution < 1.29 is 14.0 Å². The Morgan fingerprint density at radius 2 is 1.64 bits per heavy atom. The molecule has 1 unspecified atom stereocenters. The number of nitrogens with one attached hydrogen (secondary N) is 1. The van der Waals surface area contributed by atoms with E-state index in [0.717, 1.165) is 32.3 Å². The minimum Gasteiger partial charge on any atom is -0.465 e. The Balaban J connectivity index is 1.54. The third-order valence-corrected chi connectivity index (χ3v) is 14.1. The summed E-state index contributed by atoms with van der Waals surface area (Å²) in [5.41, 5.74) is 0.0698. The average Bonchev–Trinajstić information content (AvgIpc) is 3.31. The molecule has 0 bridgehead atoms. The zero-order valence-corrected chi connectivity index (χ0v) is 25.2. The molecule has 5 nitrogen and oxygen atoms in total. The Morgan fingerprint density at radius 3 is 2.18 bits per heavy atom. The van der Waals surface area contributed by atoms with Gasteiger partial charge in [0.25, 0.3) is 8.32 Å². The van der Waals surface area contributed by atoms with Gasteiger partial charge in [-0.3, -0.25) is 4.79 Å². The van der Waals surface area contributed by atoms with Crippen molar-refractivity contribution in [1.82, 2.24) is 5.32 Å². The van der Waals surface area contributed by atoms with Crippen molar-refractivity contribution >= 4 is 24.7 Å². The largest absolute Gasteiger partial charge is 0.465 e. The predicted octanol–water partition coefficient (Wildman–Crippen LogP) is 5.73. The van der Waals surface area contributed by atoms with E-state index in [0.29, 0.717) is 25.0 Å². The number of ether oxygens (including phenoxy) is 1. The zero-order chi connectivity index (χ0) is 27.9. The Labute approximate surface area is 236 Å². The van der Waals surface area contributed by atoms with Crippen LogP contribution in [-0.2, 0) is 14.0 Å². The minimum absolute atomic E-state index is 0.0383. The van der Waals surface area contributed by atoms with Crippen molar-refractivity contribution in [2.75, 3.05) is 13.2 Å². The highest BCUT2D eigenvalue weighted by Crippen LogP contribution is 2.45. The van der Waals surface area contributed by atoms with E-state index in [1.165, 1.54) is 29.6 Å². The van der Waals surface area contributed by atoms with Crippen LogP contribution in [0.1, 0.15) is 79.1 Å². The fraction of sp³-hybridized carbons (Fsp3) is 0.576. The lowest BCUT2D eigenvalue weighted by Gasteiger charge is -2.47. The van der Waals surface area contributed by atoms with Gasteiger partial charge in [-0.1, -0.05) is 94.3 Å². The smallest absolute Gasteiger partial charge is 0.323 e. The van der Waals surface area contributed by atoms with Crippen LogP contribution in [0.5, 0.6) is 0 Å². The summed E-state index contributed by atoms with van der Waals surface area (Å²) < 4.78 is 12.5. The predicted molar refractivity (Wildman–Crippen MR) is 159 cm³/mol. The van der Waals surface area contributed by atoms with Crippen molar-refractivity contribution in [3.8, 4) is 6.07 Å². The minimum atomic E-state index is -2.58. The van der Waals surface area contributed by atoms with Gasteiger partial charge in [0.2, 0.25) is 0 Å². The van der Waals surface area contributed by atoms with E-state index in [2.05, 4.69) is 92.8 Å². The summed E-state index contributed by atoms with van der Waals surface area (Å²) in [7, 11) is -2.58. The molecule has 6 heteroatoms. The second-order valence-corrected chi connectivity index (χ2v) is 16.8. The molecule has 1 spiro atoms. The molecular weight excluding hydrogens is 500 g/mol. The number of piperidine rings is 1. The molecule has 0 radical (unpaired) electrons. The lowest BCUT2D eigenvalue weighted by molar-refractivity contribution is -0.146. The molecule has 0 amide bonds. The molecule has 2 aromatic carbocycles. The molecule has 0 aromatic heterocycles. The van der Waals surface area contributed by atoms with Gasteiger partial charge in [0.15, 0.2) is 0 Å². The monoisotopic (exact) mass is 546 g/mol. The van der Waals surface area contributed by atoms with Gasteiger partial charge in [0, 0.05) is 18.2 Å². The second-order valence-electron chi connectivity index (χ2n) is 12.5. The summed E-state index contributed by atoms with van der Waals surface area (Å²) in [5, 5.41) is 16.2. The summed E-state index contributed by atoms with van der Waals surface area (Å²) in [6.07, 6.45) is 8.33. The van der Waals surface area contributed by atoms with Crippen LogP contribution in [0.15, 0.2) is 60.7 Å². The summed E-state index contributed by atoms with van der Waals surface area (Å²) in [5.74, 6) is -0.621. The van der Waals surface area contributed by atoms with Gasteiger partial charge in [-0.15, -0.1) is 0 Å². The van der Waals surface area contributed by atoms with Crippen molar-refractivity contribution in [3.63, 3.8) is 0 Å². The summed E-state index contributed by atoms with van der Waals surface area (Å²) in [4.78, 5) is 12.2. The van der Waals surface area contributed by atoms with Crippen LogP contribution in [0, 0.1) is 23.2 Å². The maximum atomic E-state index is 12.2. The Morgan fingerprint density at radius 1 is 1.05 bits per heavy atom. The van der Waals surface area contributed by atoms with E-state index < -0.39 is 14.2 Å². The Kier molecular flexibility index (Phi) is 9.69. The van der Waals surface area contributed by atoms with E-state index >= 15 is 0 Å². The van der Waals surface area contributed by atoms with E-state index in [1.54, 1.807) is 6.92 Å². The Bertz CT molecular complexity index is 1070. The average molecular weight is 547 g/mol. The molecule has 1 saturated heterocycles. The molecule has 4 rings (SSSR count). The molecule has 1 N–H and O–H groups in total. The first-order chi connectivity index (χ1) is 18.8. The fourth-order valence-electron chi connectivity index (χ4n) is 7.17. The maximum Gasteiger partial charge on any atom is 0.323 e. The van der Waals surface area contributed by atoms with E-state index in [9.17, 15) is 10.1 Å². The van der Waals surface area contributed by atoms with Gasteiger partial charge in [0.1, 0.15) is 5.92 Å². The maximum absolute atomic E-state index is 12.2. The number of esters is 1. The number of benzene rings is 2. The third-order valence-electron chi connectivity index (χ3n) is 9.07. The number of carbonyl (C=O) groups is 1. The number of carbonyl (C=O) groups excluding carboxylic acids is 1. The molecule has 1 aliphatic heterocycles. The lowest BCUT2D eigenvalue weighted by atomic mass is 9.77. The van der Waals surface area contributed by atoms with Gasteiger partial charge in [-0.2, -0.15) is 5.26 Å². The quantitative estimate of drug-likeness (QED) is 0.305. The molecular formula is C33H46N2O3Si. The van der Waals surface area contributed by atoms with Gasteiger partial charge >= 0.3 is 5.97 Å². The number of nitrogens with zero attached hydrogens (tertiary/aromatic N) is 1. The van der Waals surface area contributed by atoms with Crippen LogP contribution in [0.25, 0.3) is 0 Å². The van der Waals surface area contributed by atoms with E-state index in [4.69, 9.17) is 9.16 Å². The molecule has 1 aliphatic carbocycles. The van der Waals surface area contributed by atoms with Crippen LogP contribution in [0.2, 0.25) is 5.04 Å². The van der Waals surface area contributed by atoms with Crippen LogP contribution < -0.4 is 15.7 Å². The van der Waals surface area contributed by atoms with Crippen LogP contribution in [-0.4, -0.2) is 39.1 Å². The lowest BCUT2D eigenvalue weighted by Crippen LogP contribution is -2.67. The first-order valence-corrected chi connectivity index (χ1v) is 16.8. The SMILES string of the molecule is CCOC(=O)C(C#N)CC[C@H]1CCC[C@]2(CCC[C@@H]2CO[Si](c2ccccc2)(c2ccccc2)C(C)(C)C)N1. The first-order valence-electron chi connectivity index (χ1n) is 14.8. The zero-order valence-electron chi connectivity index (χ0n) is 24.2. The van der Waals surface area contributed by atoms with Gasteiger partial charge in [0.05, 0.1) is 12.7 Å². The van der Waals surface area contributed by atoms with Gasteiger partial charge in [-0.05, 0) is 66.8 Å². The van der Waals surface area contributed by atoms with Crippen molar-refractivity contribution in [2.24, 2.45) is 11.8 Å². The normalized spacial score (nSPS) is 24.3. The highest BCUT2D eigenvalue weighted by Gasteiger charge is 2.52. The van der Waals surface area contributed by atoms with E-state index in [1.807, 2.05) is 0 Å². The molecule has 1 saturated carbocycles. The van der Waals surface area contributed by atoms with Crippen molar-refractivity contribution in [3.05, 3.63) is 60.7 Å². The molecule has 1 heterocycles. The van der Waals surface area contributed by atoms with E-state index in [-0.39, 0.29) is 16.5 Å². The fourth-order valence-corrected chi connectivity index (χ4v) is 11.8. The molecule has 210 valence electrons. The van der Waals surface area contributed by atoms with Crippen LogP contribution >= 0.6 is 0 Å². The summed E-state index contributed by atoms with van der Waals surface area (Å²) in [6.45, 7) is 9.87. The highest BCUT2D eigenvalue weighted by atomic mass is 28.4. The van der Waals surface area contributed by atoms with Gasteiger partial charge < -0.3 is 14.5 Å². The van der Waals surface area contributed by atoms with Crippen LogP contribution in [0.4, 0.5) is 0 Å². The summed E-state index contributed by atoms with van der Waals surface area (Å²) in [6, 6.07) is 24.3. The second kappa shape index (κ2) is 12.8. The first kappa shape index (κ1) is 29.5. The molecule has 2 aromatic rings. The number of hydrogen-bond acceptors (Lipinski definition) is 5. The number of hydrogen-bond donors (Lipinski definition) is 1. The third kappa shape index (κ3) is 6.32. The number of rotatable bonds is 10. The van der Waals surface area contributed by atoms with Crippen molar-refractivity contribution in [1.29, 1.82) is 5.26 Å². The molecule has 2 fully saturated rings. The van der Waals surface area contributed by atoms with Crippen LogP contribution in [0.3, 0.4) is 0 Å². The number of nitriles is 1. The topological polar surface area (TPSA) is 71.4 Å². The molecule has 39 heavy (non-hydrogen) atoms. The summed E-state index contributed by atoms with van der Waals surface area (Å²) >= 11 is 0. The van der Waals surface area contributed by atoms with Crippen molar-refractivity contribution in [2.45, 2.75) is 95.7 Å². The Hall–Kier alpha value is -2.46. The molecule has 4 atom stereocenters. The highest BCUT2D eigenvalue weighted by molar-refractivity contribution is 6.99. The van der Waals surface area contributed by atoms with Gasteiger partial charge in [-0.25, -0.2) is 0 Å².